The summed E-state index contributed by atoms with van der Waals surface area (Å²) in [5, 5.41) is 17.4. The quantitative estimate of drug-likeness (QED) is 0.750. The molecule has 0 aliphatic rings. The first-order chi connectivity index (χ1) is 9.77. The topological polar surface area (TPSA) is 54.5 Å². The first kappa shape index (κ1) is 14.3. The van der Waals surface area contributed by atoms with Gasteiger partial charge in [-0.1, -0.05) is 55.7 Å². The fourth-order valence-electron chi connectivity index (χ4n) is 2.34. The van der Waals surface area contributed by atoms with Crippen LogP contribution in [-0.2, 0) is 6.54 Å². The van der Waals surface area contributed by atoms with Crippen LogP contribution in [-0.4, -0.2) is 15.0 Å². The van der Waals surface area contributed by atoms with E-state index in [-0.39, 0.29) is 0 Å². The SMILES string of the molecule is CCCCCCn1nnc(C#N)c1-c1ccccc1C. The summed E-state index contributed by atoms with van der Waals surface area (Å²) in [6.45, 7) is 5.06. The molecular weight excluding hydrogens is 248 g/mol. The van der Waals surface area contributed by atoms with E-state index in [0.29, 0.717) is 5.69 Å². The van der Waals surface area contributed by atoms with Gasteiger partial charge in [0, 0.05) is 12.1 Å². The highest BCUT2D eigenvalue weighted by atomic mass is 15.4. The zero-order valence-corrected chi connectivity index (χ0v) is 12.1. The van der Waals surface area contributed by atoms with Gasteiger partial charge >= 0.3 is 0 Å². The van der Waals surface area contributed by atoms with Crippen molar-refractivity contribution in [2.45, 2.75) is 46.1 Å². The van der Waals surface area contributed by atoms with Crippen molar-refractivity contribution in [1.29, 1.82) is 5.26 Å². The van der Waals surface area contributed by atoms with Crippen molar-refractivity contribution in [3.63, 3.8) is 0 Å². The van der Waals surface area contributed by atoms with Gasteiger partial charge in [0.1, 0.15) is 11.8 Å². The Morgan fingerprint density at radius 1 is 1.20 bits per heavy atom. The third-order valence-corrected chi connectivity index (χ3v) is 3.46. The van der Waals surface area contributed by atoms with E-state index in [9.17, 15) is 5.26 Å². The molecule has 104 valence electrons. The van der Waals surface area contributed by atoms with E-state index in [1.165, 1.54) is 19.3 Å². The number of benzene rings is 1. The molecule has 4 nitrogen and oxygen atoms in total. The molecule has 0 unspecified atom stereocenters. The normalized spacial score (nSPS) is 10.4. The summed E-state index contributed by atoms with van der Waals surface area (Å²) in [4.78, 5) is 0. The standard InChI is InChI=1S/C16H20N4/c1-3-4-5-8-11-20-16(15(12-17)18-19-20)14-10-7-6-9-13(14)2/h6-7,9-10H,3-5,8,11H2,1-2H3. The first-order valence-corrected chi connectivity index (χ1v) is 7.17. The number of nitriles is 1. The van der Waals surface area contributed by atoms with Gasteiger partial charge in [0.2, 0.25) is 0 Å². The molecule has 20 heavy (non-hydrogen) atoms. The van der Waals surface area contributed by atoms with Crippen molar-refractivity contribution in [2.24, 2.45) is 0 Å². The number of rotatable bonds is 6. The highest BCUT2D eigenvalue weighted by Gasteiger charge is 2.15. The highest BCUT2D eigenvalue weighted by molar-refractivity contribution is 5.68. The predicted octanol–water partition coefficient (Wildman–Crippen LogP) is 3.71. The molecule has 0 saturated heterocycles. The Labute approximate surface area is 120 Å². The van der Waals surface area contributed by atoms with Crippen molar-refractivity contribution in [3.8, 4) is 17.3 Å². The maximum absolute atomic E-state index is 9.23. The van der Waals surface area contributed by atoms with Crippen LogP contribution < -0.4 is 0 Å². The van der Waals surface area contributed by atoms with E-state index in [0.717, 1.165) is 29.8 Å². The highest BCUT2D eigenvalue weighted by Crippen LogP contribution is 2.25. The molecule has 0 aliphatic heterocycles. The second-order valence-corrected chi connectivity index (χ2v) is 5.00. The molecule has 0 radical (unpaired) electrons. The van der Waals surface area contributed by atoms with Gasteiger partial charge in [-0.2, -0.15) is 5.26 Å². The van der Waals surface area contributed by atoms with Crippen molar-refractivity contribution >= 4 is 0 Å². The maximum Gasteiger partial charge on any atom is 0.190 e. The van der Waals surface area contributed by atoms with Crippen LogP contribution in [0.2, 0.25) is 0 Å². The summed E-state index contributed by atoms with van der Waals surface area (Å²) in [7, 11) is 0. The molecule has 0 amide bonds. The van der Waals surface area contributed by atoms with Crippen molar-refractivity contribution < 1.29 is 0 Å². The molecule has 1 aromatic carbocycles. The molecule has 0 saturated carbocycles. The number of aromatic nitrogens is 3. The Hall–Kier alpha value is -2.15. The number of hydrogen-bond acceptors (Lipinski definition) is 3. The van der Waals surface area contributed by atoms with Crippen molar-refractivity contribution in [3.05, 3.63) is 35.5 Å². The molecule has 1 aromatic heterocycles. The van der Waals surface area contributed by atoms with E-state index in [2.05, 4.69) is 23.3 Å². The lowest BCUT2D eigenvalue weighted by Crippen LogP contribution is -2.04. The Morgan fingerprint density at radius 3 is 2.70 bits per heavy atom. The third kappa shape index (κ3) is 3.05. The zero-order chi connectivity index (χ0) is 14.4. The van der Waals surface area contributed by atoms with Crippen LogP contribution >= 0.6 is 0 Å². The van der Waals surface area contributed by atoms with E-state index >= 15 is 0 Å². The van der Waals surface area contributed by atoms with Gasteiger partial charge in [0.25, 0.3) is 0 Å². The van der Waals surface area contributed by atoms with Gasteiger partial charge in [-0.25, -0.2) is 4.68 Å². The molecule has 2 aromatic rings. The molecular formula is C16H20N4. The average molecular weight is 268 g/mol. The lowest BCUT2D eigenvalue weighted by atomic mass is 10.0. The molecule has 0 atom stereocenters. The fraction of sp³-hybridized carbons (Fsp3) is 0.438. The number of nitrogens with zero attached hydrogens (tertiary/aromatic N) is 4. The number of aryl methyl sites for hydroxylation is 2. The lowest BCUT2D eigenvalue weighted by molar-refractivity contribution is 0.531. The predicted molar refractivity (Wildman–Crippen MR) is 79.1 cm³/mol. The second-order valence-electron chi connectivity index (χ2n) is 5.00. The van der Waals surface area contributed by atoms with Crippen LogP contribution in [0.25, 0.3) is 11.3 Å². The molecule has 0 aliphatic carbocycles. The summed E-state index contributed by atoms with van der Waals surface area (Å²) in [6, 6.07) is 10.2. The smallest absolute Gasteiger partial charge is 0.190 e. The van der Waals surface area contributed by atoms with Gasteiger partial charge < -0.3 is 0 Å². The molecule has 0 N–H and O–H groups in total. The second kappa shape index (κ2) is 6.85. The summed E-state index contributed by atoms with van der Waals surface area (Å²) in [5.74, 6) is 0. The molecule has 0 bridgehead atoms. The minimum Gasteiger partial charge on any atom is -0.243 e. The molecule has 4 heteroatoms. The zero-order valence-electron chi connectivity index (χ0n) is 12.1. The van der Waals surface area contributed by atoms with Crippen LogP contribution in [0.3, 0.4) is 0 Å². The van der Waals surface area contributed by atoms with Crippen LogP contribution in [0, 0.1) is 18.3 Å². The van der Waals surface area contributed by atoms with Gasteiger partial charge in [-0.3, -0.25) is 0 Å². The molecule has 0 fully saturated rings. The summed E-state index contributed by atoms with van der Waals surface area (Å²) in [6.07, 6.45) is 4.71. The van der Waals surface area contributed by atoms with Crippen LogP contribution in [0.5, 0.6) is 0 Å². The summed E-state index contributed by atoms with van der Waals surface area (Å²) >= 11 is 0. The van der Waals surface area contributed by atoms with Crippen LogP contribution in [0.4, 0.5) is 0 Å². The molecule has 1 heterocycles. The first-order valence-electron chi connectivity index (χ1n) is 7.17. The van der Waals surface area contributed by atoms with E-state index < -0.39 is 0 Å². The van der Waals surface area contributed by atoms with Gasteiger partial charge in [0.15, 0.2) is 5.69 Å². The Kier molecular flexibility index (Phi) is 4.89. The monoisotopic (exact) mass is 268 g/mol. The van der Waals surface area contributed by atoms with Crippen molar-refractivity contribution in [2.75, 3.05) is 0 Å². The third-order valence-electron chi connectivity index (χ3n) is 3.46. The summed E-state index contributed by atoms with van der Waals surface area (Å²) < 4.78 is 1.87. The minimum absolute atomic E-state index is 0.412. The van der Waals surface area contributed by atoms with Gasteiger partial charge in [0.05, 0.1) is 0 Å². The maximum atomic E-state index is 9.23. The number of hydrogen-bond donors (Lipinski definition) is 0. The van der Waals surface area contributed by atoms with Gasteiger partial charge in [-0.15, -0.1) is 5.10 Å². The van der Waals surface area contributed by atoms with Crippen LogP contribution in [0.1, 0.15) is 43.9 Å². The number of unbranched alkanes of at least 4 members (excludes halogenated alkanes) is 3. The largest absolute Gasteiger partial charge is 0.243 e. The van der Waals surface area contributed by atoms with Gasteiger partial charge in [-0.05, 0) is 18.9 Å². The Balaban J connectivity index is 2.29. The Morgan fingerprint density at radius 2 is 2.00 bits per heavy atom. The average Bonchev–Trinajstić information content (AvgIpc) is 2.87. The van der Waals surface area contributed by atoms with Crippen LogP contribution in [0.15, 0.2) is 24.3 Å². The van der Waals surface area contributed by atoms with E-state index in [4.69, 9.17) is 0 Å². The Bertz CT molecular complexity index is 607. The lowest BCUT2D eigenvalue weighted by Gasteiger charge is -2.09. The minimum atomic E-state index is 0.412. The fourth-order valence-corrected chi connectivity index (χ4v) is 2.34. The summed E-state index contributed by atoms with van der Waals surface area (Å²) in [5.41, 5.74) is 3.45. The van der Waals surface area contributed by atoms with E-state index in [1.807, 2.05) is 35.9 Å². The molecule has 0 spiro atoms. The molecule has 2 rings (SSSR count). The van der Waals surface area contributed by atoms with E-state index in [1.54, 1.807) is 0 Å². The van der Waals surface area contributed by atoms with Crippen molar-refractivity contribution in [1.82, 2.24) is 15.0 Å².